The first kappa shape index (κ1) is 12.6. The molecule has 1 unspecified atom stereocenters. The van der Waals surface area contributed by atoms with Crippen LogP contribution in [0.3, 0.4) is 0 Å². The van der Waals surface area contributed by atoms with E-state index in [0.29, 0.717) is 5.92 Å². The van der Waals surface area contributed by atoms with Crippen LogP contribution in [0.25, 0.3) is 0 Å². The zero-order chi connectivity index (χ0) is 12.1. The van der Waals surface area contributed by atoms with E-state index in [4.69, 9.17) is 0 Å². The molecule has 0 aliphatic carbocycles. The molecule has 2 heteroatoms. The summed E-state index contributed by atoms with van der Waals surface area (Å²) in [4.78, 5) is 2.60. The van der Waals surface area contributed by atoms with Gasteiger partial charge in [0.15, 0.2) is 0 Å². The van der Waals surface area contributed by atoms with Gasteiger partial charge in [-0.1, -0.05) is 37.3 Å². The van der Waals surface area contributed by atoms with Gasteiger partial charge in [-0.3, -0.25) is 0 Å². The summed E-state index contributed by atoms with van der Waals surface area (Å²) < 4.78 is 0. The molecule has 1 aromatic carbocycles. The quantitative estimate of drug-likeness (QED) is 0.858. The number of hydrogen-bond acceptors (Lipinski definition) is 2. The van der Waals surface area contributed by atoms with Gasteiger partial charge in [0, 0.05) is 12.6 Å². The standard InChI is InChI=1S/C15H24N2/c1-13(14-6-4-3-5-7-14)12-17-10-8-15(16-2)9-11-17/h3-7,13,15-16H,8-12H2,1-2H3. The lowest BCUT2D eigenvalue weighted by Gasteiger charge is -2.33. The summed E-state index contributed by atoms with van der Waals surface area (Å²) >= 11 is 0. The Morgan fingerprint density at radius 2 is 1.88 bits per heavy atom. The summed E-state index contributed by atoms with van der Waals surface area (Å²) in [7, 11) is 2.08. The lowest BCUT2D eigenvalue weighted by Crippen LogP contribution is -2.42. The van der Waals surface area contributed by atoms with E-state index in [1.165, 1.54) is 38.0 Å². The molecule has 1 aliphatic heterocycles. The second-order valence-electron chi connectivity index (χ2n) is 5.18. The topological polar surface area (TPSA) is 15.3 Å². The van der Waals surface area contributed by atoms with Crippen molar-refractivity contribution in [3.8, 4) is 0 Å². The highest BCUT2D eigenvalue weighted by Gasteiger charge is 2.19. The van der Waals surface area contributed by atoms with Crippen LogP contribution in [0.15, 0.2) is 30.3 Å². The number of nitrogens with zero attached hydrogens (tertiary/aromatic N) is 1. The summed E-state index contributed by atoms with van der Waals surface area (Å²) in [6.07, 6.45) is 2.58. The maximum atomic E-state index is 3.38. The van der Waals surface area contributed by atoms with Crippen molar-refractivity contribution < 1.29 is 0 Å². The summed E-state index contributed by atoms with van der Waals surface area (Å²) in [6, 6.07) is 11.6. The molecule has 0 spiro atoms. The zero-order valence-corrected chi connectivity index (χ0v) is 11.0. The van der Waals surface area contributed by atoms with Crippen molar-refractivity contribution >= 4 is 0 Å². The summed E-state index contributed by atoms with van der Waals surface area (Å²) in [6.45, 7) is 6.01. The van der Waals surface area contributed by atoms with Crippen LogP contribution in [0.4, 0.5) is 0 Å². The first-order valence-electron chi connectivity index (χ1n) is 6.74. The number of nitrogens with one attached hydrogen (secondary N) is 1. The third-order valence-electron chi connectivity index (χ3n) is 3.90. The number of likely N-dealkylation sites (tertiary alicyclic amines) is 1. The lowest BCUT2D eigenvalue weighted by atomic mass is 9.98. The van der Waals surface area contributed by atoms with Gasteiger partial charge in [0.2, 0.25) is 0 Å². The fourth-order valence-electron chi connectivity index (χ4n) is 2.68. The van der Waals surface area contributed by atoms with Crippen molar-refractivity contribution in [2.24, 2.45) is 0 Å². The van der Waals surface area contributed by atoms with Crippen LogP contribution in [0.2, 0.25) is 0 Å². The predicted octanol–water partition coefficient (Wildman–Crippen LogP) is 2.47. The van der Waals surface area contributed by atoms with Gasteiger partial charge in [-0.05, 0) is 44.5 Å². The Balaban J connectivity index is 1.82. The van der Waals surface area contributed by atoms with Gasteiger partial charge in [-0.25, -0.2) is 0 Å². The molecular formula is C15H24N2. The largest absolute Gasteiger partial charge is 0.317 e. The summed E-state index contributed by atoms with van der Waals surface area (Å²) in [5.41, 5.74) is 1.46. The normalized spacial score (nSPS) is 20.4. The van der Waals surface area contributed by atoms with Crippen LogP contribution in [0, 0.1) is 0 Å². The van der Waals surface area contributed by atoms with Crippen LogP contribution in [-0.2, 0) is 0 Å². The molecule has 2 rings (SSSR count). The summed E-state index contributed by atoms with van der Waals surface area (Å²) in [5.74, 6) is 0.641. The number of hydrogen-bond donors (Lipinski definition) is 1. The summed E-state index contributed by atoms with van der Waals surface area (Å²) in [5, 5.41) is 3.38. The van der Waals surface area contributed by atoms with E-state index < -0.39 is 0 Å². The maximum Gasteiger partial charge on any atom is 0.00884 e. The molecule has 1 heterocycles. The highest BCUT2D eigenvalue weighted by Crippen LogP contribution is 2.18. The monoisotopic (exact) mass is 232 g/mol. The van der Waals surface area contributed by atoms with Gasteiger partial charge in [-0.15, -0.1) is 0 Å². The van der Waals surface area contributed by atoms with Crippen LogP contribution >= 0.6 is 0 Å². The van der Waals surface area contributed by atoms with Gasteiger partial charge in [0.05, 0.1) is 0 Å². The molecule has 1 saturated heterocycles. The number of rotatable bonds is 4. The molecule has 0 amide bonds. The van der Waals surface area contributed by atoms with Crippen molar-refractivity contribution in [3.63, 3.8) is 0 Å². The average Bonchev–Trinajstić information content (AvgIpc) is 2.40. The lowest BCUT2D eigenvalue weighted by molar-refractivity contribution is 0.194. The van der Waals surface area contributed by atoms with Crippen molar-refractivity contribution in [2.45, 2.75) is 31.7 Å². The van der Waals surface area contributed by atoms with E-state index in [9.17, 15) is 0 Å². The molecule has 1 N–H and O–H groups in total. The molecule has 1 aliphatic rings. The van der Waals surface area contributed by atoms with Crippen molar-refractivity contribution in [1.82, 2.24) is 10.2 Å². The molecule has 0 bridgehead atoms. The molecule has 17 heavy (non-hydrogen) atoms. The van der Waals surface area contributed by atoms with E-state index in [-0.39, 0.29) is 0 Å². The molecule has 1 aromatic rings. The Hall–Kier alpha value is -0.860. The minimum atomic E-state index is 0.641. The van der Waals surface area contributed by atoms with Crippen molar-refractivity contribution in [2.75, 3.05) is 26.7 Å². The van der Waals surface area contributed by atoms with Crippen molar-refractivity contribution in [1.29, 1.82) is 0 Å². The van der Waals surface area contributed by atoms with E-state index in [0.717, 1.165) is 6.04 Å². The molecular weight excluding hydrogens is 208 g/mol. The Labute approximate surface area is 105 Å². The first-order valence-corrected chi connectivity index (χ1v) is 6.74. The molecule has 94 valence electrons. The average molecular weight is 232 g/mol. The van der Waals surface area contributed by atoms with Gasteiger partial charge >= 0.3 is 0 Å². The number of piperidine rings is 1. The Bertz CT molecular complexity index is 315. The third-order valence-corrected chi connectivity index (χ3v) is 3.90. The SMILES string of the molecule is CNC1CCN(CC(C)c2ccccc2)CC1. The molecule has 1 atom stereocenters. The maximum absolute atomic E-state index is 3.38. The molecule has 0 saturated carbocycles. The van der Waals surface area contributed by atoms with Crippen LogP contribution < -0.4 is 5.32 Å². The molecule has 2 nitrogen and oxygen atoms in total. The van der Waals surface area contributed by atoms with E-state index >= 15 is 0 Å². The Kier molecular flexibility index (Phi) is 4.57. The highest BCUT2D eigenvalue weighted by molar-refractivity contribution is 5.19. The Morgan fingerprint density at radius 1 is 1.24 bits per heavy atom. The Morgan fingerprint density at radius 3 is 2.47 bits per heavy atom. The van der Waals surface area contributed by atoms with Gasteiger partial charge < -0.3 is 10.2 Å². The predicted molar refractivity (Wildman–Crippen MR) is 73.4 cm³/mol. The third kappa shape index (κ3) is 3.55. The molecule has 0 aromatic heterocycles. The first-order chi connectivity index (χ1) is 8.29. The second kappa shape index (κ2) is 6.18. The molecule has 0 radical (unpaired) electrons. The second-order valence-corrected chi connectivity index (χ2v) is 5.18. The zero-order valence-electron chi connectivity index (χ0n) is 11.0. The fraction of sp³-hybridized carbons (Fsp3) is 0.600. The number of benzene rings is 1. The van der Waals surface area contributed by atoms with Crippen LogP contribution in [-0.4, -0.2) is 37.6 Å². The minimum absolute atomic E-state index is 0.641. The minimum Gasteiger partial charge on any atom is -0.317 e. The van der Waals surface area contributed by atoms with Crippen LogP contribution in [0.1, 0.15) is 31.2 Å². The van der Waals surface area contributed by atoms with E-state index in [2.05, 4.69) is 54.5 Å². The smallest absolute Gasteiger partial charge is 0.00884 e. The highest BCUT2D eigenvalue weighted by atomic mass is 15.1. The van der Waals surface area contributed by atoms with Crippen LogP contribution in [0.5, 0.6) is 0 Å². The van der Waals surface area contributed by atoms with Gasteiger partial charge in [-0.2, -0.15) is 0 Å². The van der Waals surface area contributed by atoms with Crippen molar-refractivity contribution in [3.05, 3.63) is 35.9 Å². The van der Waals surface area contributed by atoms with Gasteiger partial charge in [0.25, 0.3) is 0 Å². The van der Waals surface area contributed by atoms with E-state index in [1.54, 1.807) is 0 Å². The van der Waals surface area contributed by atoms with Gasteiger partial charge in [0.1, 0.15) is 0 Å². The van der Waals surface area contributed by atoms with E-state index in [1.807, 2.05) is 0 Å². The fourth-order valence-corrected chi connectivity index (χ4v) is 2.68. The molecule has 1 fully saturated rings.